The van der Waals surface area contributed by atoms with Gasteiger partial charge in [0.15, 0.2) is 0 Å². The topological polar surface area (TPSA) is 71.5 Å². The summed E-state index contributed by atoms with van der Waals surface area (Å²) < 4.78 is 5.67. The minimum absolute atomic E-state index is 0.0154. The van der Waals surface area contributed by atoms with Crippen molar-refractivity contribution in [2.24, 2.45) is 0 Å². The predicted molar refractivity (Wildman–Crippen MR) is 88.9 cm³/mol. The molecule has 0 saturated carbocycles. The Kier molecular flexibility index (Phi) is 5.05. The first kappa shape index (κ1) is 16.0. The summed E-state index contributed by atoms with van der Waals surface area (Å²) >= 11 is 0. The average molecular weight is 325 g/mol. The third-order valence-electron chi connectivity index (χ3n) is 3.83. The summed E-state index contributed by atoms with van der Waals surface area (Å²) in [6, 6.07) is 12.4. The van der Waals surface area contributed by atoms with Gasteiger partial charge in [0.1, 0.15) is 11.3 Å². The molecule has 0 aliphatic carbocycles. The van der Waals surface area contributed by atoms with Crippen LogP contribution in [0.1, 0.15) is 23.2 Å². The van der Waals surface area contributed by atoms with Crippen molar-refractivity contribution in [1.29, 1.82) is 0 Å². The van der Waals surface area contributed by atoms with Crippen molar-refractivity contribution in [3.63, 3.8) is 0 Å². The maximum absolute atomic E-state index is 12.4. The Morgan fingerprint density at radius 1 is 1.08 bits per heavy atom. The van der Waals surface area contributed by atoms with Crippen LogP contribution in [0.15, 0.2) is 48.7 Å². The lowest BCUT2D eigenvalue weighted by Gasteiger charge is -2.16. The van der Waals surface area contributed by atoms with E-state index in [1.165, 1.54) is 0 Å². The van der Waals surface area contributed by atoms with Gasteiger partial charge in [-0.3, -0.25) is 9.59 Å². The molecule has 0 spiro atoms. The molecule has 1 aliphatic rings. The maximum atomic E-state index is 12.4. The Morgan fingerprint density at radius 3 is 2.58 bits per heavy atom. The first-order valence-electron chi connectivity index (χ1n) is 7.98. The lowest BCUT2D eigenvalue weighted by molar-refractivity contribution is -0.129. The van der Waals surface area contributed by atoms with Crippen LogP contribution in [-0.4, -0.2) is 41.3 Å². The SMILES string of the molecule is O=C(NCC(=O)N1CCCC1)c1cccnc1Oc1ccccc1. The van der Waals surface area contributed by atoms with Crippen molar-refractivity contribution >= 4 is 11.8 Å². The van der Waals surface area contributed by atoms with E-state index in [1.807, 2.05) is 18.2 Å². The third-order valence-corrected chi connectivity index (χ3v) is 3.83. The van der Waals surface area contributed by atoms with Crippen LogP contribution >= 0.6 is 0 Å². The van der Waals surface area contributed by atoms with Crippen molar-refractivity contribution in [3.8, 4) is 11.6 Å². The Bertz CT molecular complexity index is 712. The van der Waals surface area contributed by atoms with E-state index < -0.39 is 0 Å². The number of amides is 2. The van der Waals surface area contributed by atoms with Gasteiger partial charge in [-0.1, -0.05) is 18.2 Å². The van der Waals surface area contributed by atoms with E-state index in [-0.39, 0.29) is 24.2 Å². The summed E-state index contributed by atoms with van der Waals surface area (Å²) in [5.41, 5.74) is 0.301. The van der Waals surface area contributed by atoms with E-state index in [2.05, 4.69) is 10.3 Å². The van der Waals surface area contributed by atoms with Crippen LogP contribution in [0, 0.1) is 0 Å². The molecule has 2 amide bonds. The van der Waals surface area contributed by atoms with E-state index in [4.69, 9.17) is 4.74 Å². The number of carbonyl (C=O) groups excluding carboxylic acids is 2. The molecule has 1 aliphatic heterocycles. The Labute approximate surface area is 140 Å². The van der Waals surface area contributed by atoms with Gasteiger partial charge in [0.2, 0.25) is 11.8 Å². The van der Waals surface area contributed by atoms with E-state index >= 15 is 0 Å². The van der Waals surface area contributed by atoms with Crippen LogP contribution in [-0.2, 0) is 4.79 Å². The molecule has 6 nitrogen and oxygen atoms in total. The second-order valence-corrected chi connectivity index (χ2v) is 5.54. The molecule has 2 heterocycles. The number of carbonyl (C=O) groups is 2. The fourth-order valence-electron chi connectivity index (χ4n) is 2.57. The lowest BCUT2D eigenvalue weighted by Crippen LogP contribution is -2.38. The van der Waals surface area contributed by atoms with Gasteiger partial charge in [-0.15, -0.1) is 0 Å². The molecule has 124 valence electrons. The summed E-state index contributed by atoms with van der Waals surface area (Å²) in [7, 11) is 0. The number of rotatable bonds is 5. The average Bonchev–Trinajstić information content (AvgIpc) is 3.15. The standard InChI is InChI=1S/C18H19N3O3/c22-16(21-11-4-5-12-21)13-20-17(23)15-9-6-10-19-18(15)24-14-7-2-1-3-8-14/h1-3,6-10H,4-5,11-13H2,(H,20,23). The molecule has 1 aromatic carbocycles. The Hall–Kier alpha value is -2.89. The molecule has 1 N–H and O–H groups in total. The number of hydrogen-bond donors (Lipinski definition) is 1. The van der Waals surface area contributed by atoms with Gasteiger partial charge < -0.3 is 15.0 Å². The molecule has 1 aromatic heterocycles. The molecular weight excluding hydrogens is 306 g/mol. The van der Waals surface area contributed by atoms with Crippen molar-refractivity contribution in [2.75, 3.05) is 19.6 Å². The zero-order chi connectivity index (χ0) is 16.8. The second kappa shape index (κ2) is 7.59. The van der Waals surface area contributed by atoms with Crippen molar-refractivity contribution < 1.29 is 14.3 Å². The van der Waals surface area contributed by atoms with E-state index in [0.717, 1.165) is 25.9 Å². The minimum Gasteiger partial charge on any atom is -0.438 e. The molecule has 0 bridgehead atoms. The molecule has 2 aromatic rings. The van der Waals surface area contributed by atoms with Crippen LogP contribution < -0.4 is 10.1 Å². The van der Waals surface area contributed by atoms with Gasteiger partial charge in [-0.25, -0.2) is 4.98 Å². The molecular formula is C18H19N3O3. The normalized spacial score (nSPS) is 13.6. The maximum Gasteiger partial charge on any atom is 0.257 e. The lowest BCUT2D eigenvalue weighted by atomic mass is 10.2. The molecule has 0 unspecified atom stereocenters. The summed E-state index contributed by atoms with van der Waals surface area (Å²) in [6.07, 6.45) is 3.61. The largest absolute Gasteiger partial charge is 0.438 e. The van der Waals surface area contributed by atoms with E-state index in [0.29, 0.717) is 11.3 Å². The summed E-state index contributed by atoms with van der Waals surface area (Å²) in [6.45, 7) is 1.52. The highest BCUT2D eigenvalue weighted by atomic mass is 16.5. The molecule has 1 fully saturated rings. The van der Waals surface area contributed by atoms with Crippen LogP contribution in [0.25, 0.3) is 0 Å². The van der Waals surface area contributed by atoms with E-state index in [9.17, 15) is 9.59 Å². The number of nitrogens with one attached hydrogen (secondary N) is 1. The second-order valence-electron chi connectivity index (χ2n) is 5.54. The highest BCUT2D eigenvalue weighted by molar-refractivity contribution is 5.98. The number of aromatic nitrogens is 1. The molecule has 6 heteroatoms. The van der Waals surface area contributed by atoms with Gasteiger partial charge in [0.05, 0.1) is 6.54 Å². The van der Waals surface area contributed by atoms with Crippen molar-refractivity contribution in [2.45, 2.75) is 12.8 Å². The summed E-state index contributed by atoms with van der Waals surface area (Å²) in [4.78, 5) is 30.3. The number of pyridine rings is 1. The number of likely N-dealkylation sites (tertiary alicyclic amines) is 1. The molecule has 1 saturated heterocycles. The van der Waals surface area contributed by atoms with Gasteiger partial charge in [0, 0.05) is 19.3 Å². The molecule has 0 radical (unpaired) electrons. The highest BCUT2D eigenvalue weighted by Crippen LogP contribution is 2.22. The van der Waals surface area contributed by atoms with Crippen LogP contribution in [0.4, 0.5) is 0 Å². The van der Waals surface area contributed by atoms with Crippen LogP contribution in [0.3, 0.4) is 0 Å². The van der Waals surface area contributed by atoms with Crippen LogP contribution in [0.2, 0.25) is 0 Å². The van der Waals surface area contributed by atoms with Crippen molar-refractivity contribution in [3.05, 3.63) is 54.2 Å². The fourth-order valence-corrected chi connectivity index (χ4v) is 2.57. The van der Waals surface area contributed by atoms with Gasteiger partial charge >= 0.3 is 0 Å². The Morgan fingerprint density at radius 2 is 1.83 bits per heavy atom. The number of hydrogen-bond acceptors (Lipinski definition) is 4. The first-order valence-corrected chi connectivity index (χ1v) is 7.98. The monoisotopic (exact) mass is 325 g/mol. The predicted octanol–water partition coefficient (Wildman–Crippen LogP) is 2.23. The number of ether oxygens (including phenoxy) is 1. The summed E-state index contributed by atoms with van der Waals surface area (Å²) in [5, 5.41) is 2.65. The number of nitrogens with zero attached hydrogens (tertiary/aromatic N) is 2. The van der Waals surface area contributed by atoms with Gasteiger partial charge in [-0.05, 0) is 37.1 Å². The zero-order valence-corrected chi connectivity index (χ0v) is 13.3. The highest BCUT2D eigenvalue weighted by Gasteiger charge is 2.20. The zero-order valence-electron chi connectivity index (χ0n) is 13.3. The van der Waals surface area contributed by atoms with Gasteiger partial charge in [-0.2, -0.15) is 0 Å². The number of benzene rings is 1. The van der Waals surface area contributed by atoms with E-state index in [1.54, 1.807) is 35.4 Å². The van der Waals surface area contributed by atoms with Crippen LogP contribution in [0.5, 0.6) is 11.6 Å². The molecule has 24 heavy (non-hydrogen) atoms. The molecule has 0 atom stereocenters. The third kappa shape index (κ3) is 3.90. The smallest absolute Gasteiger partial charge is 0.257 e. The van der Waals surface area contributed by atoms with Crippen molar-refractivity contribution in [1.82, 2.24) is 15.2 Å². The molecule has 3 rings (SSSR count). The fraction of sp³-hybridized carbons (Fsp3) is 0.278. The number of para-hydroxylation sites is 1. The quantitative estimate of drug-likeness (QED) is 0.915. The minimum atomic E-state index is -0.374. The summed E-state index contributed by atoms with van der Waals surface area (Å²) in [5.74, 6) is 0.380. The first-order chi connectivity index (χ1) is 11.7. The Balaban J connectivity index is 1.65. The van der Waals surface area contributed by atoms with Gasteiger partial charge in [0.25, 0.3) is 5.91 Å².